The minimum atomic E-state index is -0.409. The van der Waals surface area contributed by atoms with E-state index in [2.05, 4.69) is 38.1 Å². The summed E-state index contributed by atoms with van der Waals surface area (Å²) in [7, 11) is 0. The number of benzene rings is 5. The van der Waals surface area contributed by atoms with Crippen molar-refractivity contribution in [3.63, 3.8) is 0 Å². The van der Waals surface area contributed by atoms with Gasteiger partial charge >= 0.3 is 11.9 Å². The number of hydrogen-bond acceptors (Lipinski definition) is 5. The number of esters is 2. The van der Waals surface area contributed by atoms with E-state index in [1.807, 2.05) is 24.3 Å². The molecule has 0 unspecified atom stereocenters. The van der Waals surface area contributed by atoms with Crippen molar-refractivity contribution < 1.29 is 23.8 Å². The molecule has 1 aliphatic rings. The first-order chi connectivity index (χ1) is 18.1. The summed E-state index contributed by atoms with van der Waals surface area (Å²) in [5.74, 6) is -0.819. The van der Waals surface area contributed by atoms with E-state index >= 15 is 0 Å². The van der Waals surface area contributed by atoms with Crippen LogP contribution in [0.25, 0.3) is 43.1 Å². The van der Waals surface area contributed by atoms with Gasteiger partial charge in [-0.25, -0.2) is 9.59 Å². The van der Waals surface area contributed by atoms with E-state index in [1.165, 1.54) is 21.9 Å². The first kappa shape index (κ1) is 23.7. The van der Waals surface area contributed by atoms with Crippen LogP contribution in [0.4, 0.5) is 0 Å². The minimum Gasteiger partial charge on any atom is -0.462 e. The third-order valence-electron chi connectivity index (χ3n) is 7.49. The summed E-state index contributed by atoms with van der Waals surface area (Å²) >= 11 is 0. The second-order valence-corrected chi connectivity index (χ2v) is 9.84. The first-order valence-corrected chi connectivity index (χ1v) is 13.2. The van der Waals surface area contributed by atoms with Crippen molar-refractivity contribution >= 4 is 55.0 Å². The van der Waals surface area contributed by atoms with E-state index in [1.54, 1.807) is 0 Å². The number of carbonyl (C=O) groups is 2. The van der Waals surface area contributed by atoms with Crippen molar-refractivity contribution in [1.82, 2.24) is 0 Å². The highest BCUT2D eigenvalue weighted by molar-refractivity contribution is 6.36. The molecule has 5 aromatic carbocycles. The number of rotatable bonds is 8. The van der Waals surface area contributed by atoms with Crippen molar-refractivity contribution in [2.45, 2.75) is 52.7 Å². The number of hydrogen-bond donors (Lipinski definition) is 0. The van der Waals surface area contributed by atoms with Crippen LogP contribution in [0.3, 0.4) is 0 Å². The maximum absolute atomic E-state index is 13.3. The molecule has 0 fully saturated rings. The smallest absolute Gasteiger partial charge is 0.338 e. The SMILES string of the molecule is CCCCOC(=O)c1ccc2c3ccc4c5c(ccc(c6ccc(C(=O)OCCCC)c1c26)c53)COC4. The molecule has 5 heteroatoms. The largest absolute Gasteiger partial charge is 0.462 e. The number of ether oxygens (including phenoxy) is 3. The molecule has 188 valence electrons. The van der Waals surface area contributed by atoms with Gasteiger partial charge in [0.05, 0.1) is 37.6 Å². The molecule has 0 spiro atoms. The molecule has 1 aliphatic heterocycles. The molecule has 1 heterocycles. The second kappa shape index (κ2) is 9.64. The zero-order valence-corrected chi connectivity index (χ0v) is 21.3. The fraction of sp³-hybridized carbons (Fsp3) is 0.312. The van der Waals surface area contributed by atoms with Crippen LogP contribution in [0, 0.1) is 0 Å². The topological polar surface area (TPSA) is 61.8 Å². The van der Waals surface area contributed by atoms with Gasteiger partial charge in [0.25, 0.3) is 0 Å². The molecule has 0 aliphatic carbocycles. The lowest BCUT2D eigenvalue weighted by molar-refractivity contribution is 0.0500. The predicted molar refractivity (Wildman–Crippen MR) is 147 cm³/mol. The van der Waals surface area contributed by atoms with Crippen LogP contribution in [0.2, 0.25) is 0 Å². The molecule has 6 rings (SSSR count). The highest BCUT2D eigenvalue weighted by Crippen LogP contribution is 2.45. The van der Waals surface area contributed by atoms with E-state index in [0.717, 1.165) is 52.6 Å². The van der Waals surface area contributed by atoms with Crippen molar-refractivity contribution in [1.29, 1.82) is 0 Å². The highest BCUT2D eigenvalue weighted by Gasteiger charge is 2.25. The van der Waals surface area contributed by atoms with E-state index in [-0.39, 0.29) is 0 Å². The molecule has 0 saturated heterocycles. The van der Waals surface area contributed by atoms with Gasteiger partial charge in [0.1, 0.15) is 0 Å². The summed E-state index contributed by atoms with van der Waals surface area (Å²) in [6.45, 7) is 6.01. The quantitative estimate of drug-likeness (QED) is 0.0958. The van der Waals surface area contributed by atoms with Gasteiger partial charge in [-0.2, -0.15) is 0 Å². The molecule has 5 nitrogen and oxygen atoms in total. The maximum atomic E-state index is 13.3. The fourth-order valence-corrected chi connectivity index (χ4v) is 5.66. The Kier molecular flexibility index (Phi) is 6.17. The van der Waals surface area contributed by atoms with Crippen LogP contribution in [0.1, 0.15) is 71.4 Å². The average molecular weight is 495 g/mol. The summed E-state index contributed by atoms with van der Waals surface area (Å²) in [4.78, 5) is 26.6. The molecular weight excluding hydrogens is 464 g/mol. The summed E-state index contributed by atoms with van der Waals surface area (Å²) < 4.78 is 17.0. The van der Waals surface area contributed by atoms with Gasteiger partial charge in [0.15, 0.2) is 0 Å². The fourth-order valence-electron chi connectivity index (χ4n) is 5.66. The Morgan fingerprint density at radius 3 is 1.51 bits per heavy atom. The average Bonchev–Trinajstić information content (AvgIpc) is 2.93. The van der Waals surface area contributed by atoms with Crippen LogP contribution in [0.15, 0.2) is 48.5 Å². The van der Waals surface area contributed by atoms with Gasteiger partial charge in [0, 0.05) is 5.39 Å². The Hall–Kier alpha value is -3.70. The normalized spacial score (nSPS) is 13.1. The van der Waals surface area contributed by atoms with E-state index in [0.29, 0.717) is 42.9 Å². The first-order valence-electron chi connectivity index (χ1n) is 13.2. The minimum absolute atomic E-state index is 0.352. The van der Waals surface area contributed by atoms with Crippen molar-refractivity contribution in [3.8, 4) is 0 Å². The van der Waals surface area contributed by atoms with Gasteiger partial charge in [-0.15, -0.1) is 0 Å². The molecule has 0 N–H and O–H groups in total. The second-order valence-electron chi connectivity index (χ2n) is 9.84. The summed E-state index contributed by atoms with van der Waals surface area (Å²) in [5.41, 5.74) is 3.19. The van der Waals surface area contributed by atoms with Crippen molar-refractivity contribution in [2.24, 2.45) is 0 Å². The van der Waals surface area contributed by atoms with Gasteiger partial charge in [0.2, 0.25) is 0 Å². The van der Waals surface area contributed by atoms with Gasteiger partial charge < -0.3 is 14.2 Å². The maximum Gasteiger partial charge on any atom is 0.338 e. The Morgan fingerprint density at radius 1 is 0.622 bits per heavy atom. The zero-order valence-electron chi connectivity index (χ0n) is 21.3. The molecule has 0 bridgehead atoms. The summed E-state index contributed by atoms with van der Waals surface area (Å²) in [6.07, 6.45) is 3.45. The molecule has 0 amide bonds. The predicted octanol–water partition coefficient (Wildman–Crippen LogP) is 7.68. The molecule has 0 atom stereocenters. The highest BCUT2D eigenvalue weighted by atomic mass is 16.5. The Morgan fingerprint density at radius 2 is 1.05 bits per heavy atom. The molecule has 0 aromatic heterocycles. The van der Waals surface area contributed by atoms with Crippen molar-refractivity contribution in [3.05, 3.63) is 70.8 Å². The molecule has 5 aromatic rings. The Balaban J connectivity index is 1.67. The zero-order chi connectivity index (χ0) is 25.5. The molecular formula is C32H30O5. The van der Waals surface area contributed by atoms with Crippen LogP contribution < -0.4 is 0 Å². The van der Waals surface area contributed by atoms with Gasteiger partial charge in [-0.05, 0) is 73.8 Å². The third kappa shape index (κ3) is 3.80. The number of unbranched alkanes of at least 4 members (excludes halogenated alkanes) is 2. The van der Waals surface area contributed by atoms with Crippen LogP contribution in [0.5, 0.6) is 0 Å². The van der Waals surface area contributed by atoms with E-state index < -0.39 is 11.9 Å². The van der Waals surface area contributed by atoms with Crippen molar-refractivity contribution in [2.75, 3.05) is 13.2 Å². The Bertz CT molecular complexity index is 1550. The number of carbonyl (C=O) groups excluding carboxylic acids is 2. The van der Waals surface area contributed by atoms with Crippen LogP contribution in [-0.4, -0.2) is 25.2 Å². The third-order valence-corrected chi connectivity index (χ3v) is 7.49. The van der Waals surface area contributed by atoms with E-state index in [4.69, 9.17) is 14.2 Å². The standard InChI is InChI=1S/C32H30O5/c1-3-5-15-36-31(33)25-13-11-23-21-9-7-19-17-35-18-20-8-10-22(28(21)27(19)20)24-12-14-26(30(25)29(23)24)32(34)37-16-6-4-2/h7-14H,3-6,15-18H2,1-2H3. The lowest BCUT2D eigenvalue weighted by Gasteiger charge is -2.23. The van der Waals surface area contributed by atoms with Crippen LogP contribution >= 0.6 is 0 Å². The van der Waals surface area contributed by atoms with Gasteiger partial charge in [-0.3, -0.25) is 0 Å². The number of fused-ring (bicyclic) bond motifs is 2. The van der Waals surface area contributed by atoms with Crippen LogP contribution in [-0.2, 0) is 27.4 Å². The van der Waals surface area contributed by atoms with Gasteiger partial charge in [-0.1, -0.05) is 63.1 Å². The molecule has 0 saturated carbocycles. The lowest BCUT2D eigenvalue weighted by atomic mass is 9.84. The lowest BCUT2D eigenvalue weighted by Crippen LogP contribution is -2.12. The molecule has 37 heavy (non-hydrogen) atoms. The monoisotopic (exact) mass is 494 g/mol. The molecule has 0 radical (unpaired) electrons. The van der Waals surface area contributed by atoms with E-state index in [9.17, 15) is 9.59 Å². The summed E-state index contributed by atoms with van der Waals surface area (Å²) in [5, 5.41) is 8.23. The Labute approximate surface area is 215 Å². The summed E-state index contributed by atoms with van der Waals surface area (Å²) in [6, 6.07) is 16.2.